The van der Waals surface area contributed by atoms with Crippen molar-refractivity contribution in [3.8, 4) is 0 Å². The molecule has 0 spiro atoms. The first kappa shape index (κ1) is 14.2. The van der Waals surface area contributed by atoms with E-state index in [4.69, 9.17) is 0 Å². The molecule has 1 heterocycles. The van der Waals surface area contributed by atoms with Crippen LogP contribution in [-0.4, -0.2) is 10.1 Å². The maximum Gasteiger partial charge on any atom is 0.0830 e. The predicted molar refractivity (Wildman–Crippen MR) is 89.3 cm³/mol. The zero-order chi connectivity index (χ0) is 14.8. The summed E-state index contributed by atoms with van der Waals surface area (Å²) in [4.78, 5) is 4.48. The fraction of sp³-hybridized carbons (Fsp3) is 0.167. The van der Waals surface area contributed by atoms with E-state index in [1.165, 1.54) is 0 Å². The molecule has 0 bridgehead atoms. The number of nitrogens with zero attached hydrogens (tertiary/aromatic N) is 1. The molecule has 21 heavy (non-hydrogen) atoms. The lowest BCUT2D eigenvalue weighted by Gasteiger charge is -2.12. The lowest BCUT2D eigenvalue weighted by atomic mass is 10.00. The number of hydrogen-bond acceptors (Lipinski definition) is 2. The van der Waals surface area contributed by atoms with Gasteiger partial charge in [0.2, 0.25) is 0 Å². The molecule has 106 valence electrons. The Morgan fingerprint density at radius 2 is 1.95 bits per heavy atom. The van der Waals surface area contributed by atoms with E-state index >= 15 is 0 Å². The van der Waals surface area contributed by atoms with Crippen molar-refractivity contribution in [1.82, 2.24) is 4.98 Å². The van der Waals surface area contributed by atoms with Gasteiger partial charge in [-0.15, -0.1) is 0 Å². The summed E-state index contributed by atoms with van der Waals surface area (Å²) in [5.74, 6) is 0. The van der Waals surface area contributed by atoms with Crippen molar-refractivity contribution in [2.45, 2.75) is 19.4 Å². The number of pyridine rings is 1. The fourth-order valence-corrected chi connectivity index (χ4v) is 2.90. The van der Waals surface area contributed by atoms with Crippen molar-refractivity contribution in [2.24, 2.45) is 0 Å². The minimum atomic E-state index is -0.509. The van der Waals surface area contributed by atoms with Gasteiger partial charge in [-0.2, -0.15) is 0 Å². The maximum absolute atomic E-state index is 10.4. The van der Waals surface area contributed by atoms with Crippen LogP contribution in [0, 0.1) is 6.92 Å². The van der Waals surface area contributed by atoms with Crippen LogP contribution < -0.4 is 0 Å². The average Bonchev–Trinajstić information content (AvgIpc) is 2.46. The molecular formula is C18H16BrNO. The normalized spacial score (nSPS) is 12.5. The number of aliphatic hydroxyl groups is 1. The van der Waals surface area contributed by atoms with Gasteiger partial charge >= 0.3 is 0 Å². The summed E-state index contributed by atoms with van der Waals surface area (Å²) in [5.41, 5.74) is 4.01. The largest absolute Gasteiger partial charge is 0.388 e. The summed E-state index contributed by atoms with van der Waals surface area (Å²) in [6.07, 6.45) is 0.0922. The zero-order valence-corrected chi connectivity index (χ0v) is 13.3. The third-order valence-corrected chi connectivity index (χ3v) is 4.05. The van der Waals surface area contributed by atoms with Crippen LogP contribution in [0.3, 0.4) is 0 Å². The Bertz CT molecular complexity index is 785. The lowest BCUT2D eigenvalue weighted by Crippen LogP contribution is -2.02. The van der Waals surface area contributed by atoms with Crippen molar-refractivity contribution >= 4 is 26.8 Å². The highest BCUT2D eigenvalue weighted by atomic mass is 79.9. The Labute approximate surface area is 132 Å². The van der Waals surface area contributed by atoms with Crippen molar-refractivity contribution in [1.29, 1.82) is 0 Å². The number of aromatic nitrogens is 1. The van der Waals surface area contributed by atoms with Crippen molar-refractivity contribution in [3.05, 3.63) is 75.9 Å². The molecular weight excluding hydrogens is 326 g/mol. The summed E-state index contributed by atoms with van der Waals surface area (Å²) < 4.78 is 1.03. The molecule has 1 atom stereocenters. The molecule has 3 heteroatoms. The first-order valence-electron chi connectivity index (χ1n) is 6.91. The average molecular weight is 342 g/mol. The predicted octanol–water partition coefficient (Wildman–Crippen LogP) is 4.58. The van der Waals surface area contributed by atoms with Gasteiger partial charge in [0.05, 0.1) is 11.6 Å². The van der Waals surface area contributed by atoms with Gasteiger partial charge in [0.25, 0.3) is 0 Å². The number of rotatable bonds is 3. The van der Waals surface area contributed by atoms with E-state index in [0.717, 1.165) is 32.2 Å². The van der Waals surface area contributed by atoms with Gasteiger partial charge in [-0.3, -0.25) is 4.98 Å². The highest BCUT2D eigenvalue weighted by Gasteiger charge is 2.10. The second kappa shape index (κ2) is 5.96. The van der Waals surface area contributed by atoms with Gasteiger partial charge in [0.1, 0.15) is 0 Å². The molecule has 0 saturated carbocycles. The van der Waals surface area contributed by atoms with Crippen LogP contribution in [0.5, 0.6) is 0 Å². The number of hydrogen-bond donors (Lipinski definition) is 1. The zero-order valence-electron chi connectivity index (χ0n) is 11.8. The lowest BCUT2D eigenvalue weighted by molar-refractivity contribution is 0.178. The van der Waals surface area contributed by atoms with E-state index in [1.807, 2.05) is 61.5 Å². The molecule has 2 nitrogen and oxygen atoms in total. The van der Waals surface area contributed by atoms with Crippen LogP contribution in [-0.2, 0) is 6.42 Å². The molecule has 1 unspecified atom stereocenters. The molecule has 0 fully saturated rings. The fourth-order valence-electron chi connectivity index (χ4n) is 2.46. The third kappa shape index (κ3) is 3.31. The Hall–Kier alpha value is -1.71. The summed E-state index contributed by atoms with van der Waals surface area (Å²) in [5, 5.41) is 11.5. The van der Waals surface area contributed by atoms with Crippen LogP contribution in [0.25, 0.3) is 10.9 Å². The first-order chi connectivity index (χ1) is 10.1. The van der Waals surface area contributed by atoms with Gasteiger partial charge in [0.15, 0.2) is 0 Å². The van der Waals surface area contributed by atoms with Gasteiger partial charge < -0.3 is 5.11 Å². The summed E-state index contributed by atoms with van der Waals surface area (Å²) >= 11 is 3.46. The second-order valence-corrected chi connectivity index (χ2v) is 6.17. The van der Waals surface area contributed by atoms with E-state index in [0.29, 0.717) is 6.42 Å². The van der Waals surface area contributed by atoms with Crippen LogP contribution in [0.15, 0.2) is 59.1 Å². The van der Waals surface area contributed by atoms with E-state index in [2.05, 4.69) is 20.9 Å². The number of halogens is 1. The maximum atomic E-state index is 10.4. The monoisotopic (exact) mass is 341 g/mol. The van der Waals surface area contributed by atoms with Crippen LogP contribution >= 0.6 is 15.9 Å². The smallest absolute Gasteiger partial charge is 0.0830 e. The number of fused-ring (bicyclic) bond motifs is 1. The van der Waals surface area contributed by atoms with Crippen LogP contribution in [0.4, 0.5) is 0 Å². The SMILES string of the molecule is Cc1ccc2cc(C(O)Cc3cccc(Br)c3)ccc2n1. The van der Waals surface area contributed by atoms with Gasteiger partial charge in [0, 0.05) is 22.0 Å². The second-order valence-electron chi connectivity index (χ2n) is 5.25. The number of aryl methyl sites for hydroxylation is 1. The molecule has 0 aliphatic carbocycles. The van der Waals surface area contributed by atoms with Crippen molar-refractivity contribution in [3.63, 3.8) is 0 Å². The molecule has 3 aromatic rings. The molecule has 0 radical (unpaired) electrons. The summed E-state index contributed by atoms with van der Waals surface area (Å²) in [6, 6.07) is 18.0. The third-order valence-electron chi connectivity index (χ3n) is 3.56. The van der Waals surface area contributed by atoms with Gasteiger partial charge in [-0.25, -0.2) is 0 Å². The van der Waals surface area contributed by atoms with E-state index in [-0.39, 0.29) is 0 Å². The van der Waals surface area contributed by atoms with Crippen LogP contribution in [0.1, 0.15) is 22.9 Å². The minimum absolute atomic E-state index is 0.509. The highest BCUT2D eigenvalue weighted by Crippen LogP contribution is 2.23. The molecule has 1 aromatic heterocycles. The molecule has 2 aromatic carbocycles. The highest BCUT2D eigenvalue weighted by molar-refractivity contribution is 9.10. The Morgan fingerprint density at radius 1 is 1.10 bits per heavy atom. The van der Waals surface area contributed by atoms with Crippen molar-refractivity contribution in [2.75, 3.05) is 0 Å². The van der Waals surface area contributed by atoms with E-state index in [9.17, 15) is 5.11 Å². The number of benzene rings is 2. The summed E-state index contributed by atoms with van der Waals surface area (Å²) in [7, 11) is 0. The first-order valence-corrected chi connectivity index (χ1v) is 7.71. The van der Waals surface area contributed by atoms with Crippen LogP contribution in [0.2, 0.25) is 0 Å². The van der Waals surface area contributed by atoms with E-state index in [1.54, 1.807) is 0 Å². The van der Waals surface area contributed by atoms with Gasteiger partial charge in [-0.1, -0.05) is 40.2 Å². The van der Waals surface area contributed by atoms with Crippen molar-refractivity contribution < 1.29 is 5.11 Å². The summed E-state index contributed by atoms with van der Waals surface area (Å²) in [6.45, 7) is 1.98. The Kier molecular flexibility index (Phi) is 4.04. The van der Waals surface area contributed by atoms with E-state index < -0.39 is 6.10 Å². The Morgan fingerprint density at radius 3 is 2.76 bits per heavy atom. The molecule has 0 saturated heterocycles. The minimum Gasteiger partial charge on any atom is -0.388 e. The molecule has 1 N–H and O–H groups in total. The molecule has 0 aliphatic rings. The molecule has 0 amide bonds. The quantitative estimate of drug-likeness (QED) is 0.756. The number of aliphatic hydroxyl groups excluding tert-OH is 1. The molecule has 3 rings (SSSR count). The topological polar surface area (TPSA) is 33.1 Å². The van der Waals surface area contributed by atoms with Gasteiger partial charge in [-0.05, 0) is 48.4 Å². The Balaban J connectivity index is 1.87. The molecule has 0 aliphatic heterocycles. The standard InChI is InChI=1S/C18H16BrNO/c1-12-5-6-14-11-15(7-8-17(14)20-12)18(21)10-13-3-2-4-16(19)9-13/h2-9,11,18,21H,10H2,1H3.